The number of hydrogen-bond donors (Lipinski definition) is 1. The van der Waals surface area contributed by atoms with E-state index in [4.69, 9.17) is 9.84 Å². The molecule has 0 fully saturated rings. The fraction of sp³-hybridized carbons (Fsp3) is 0.0741. The summed E-state index contributed by atoms with van der Waals surface area (Å²) in [4.78, 5) is 23.9. The molecule has 4 aromatic rings. The predicted molar refractivity (Wildman–Crippen MR) is 130 cm³/mol. The Morgan fingerprint density at radius 2 is 1.64 bits per heavy atom. The third-order valence-corrected chi connectivity index (χ3v) is 5.10. The van der Waals surface area contributed by atoms with E-state index in [-0.39, 0.29) is 11.7 Å². The molecule has 1 amide bonds. The number of aromatic nitrogens is 2. The number of anilines is 1. The third kappa shape index (κ3) is 5.25. The van der Waals surface area contributed by atoms with Crippen LogP contribution in [0.3, 0.4) is 0 Å². The van der Waals surface area contributed by atoms with Gasteiger partial charge in [-0.1, -0.05) is 18.2 Å². The summed E-state index contributed by atoms with van der Waals surface area (Å²) >= 11 is 0. The van der Waals surface area contributed by atoms with E-state index in [0.29, 0.717) is 11.3 Å². The predicted octanol–water partition coefficient (Wildman–Crippen LogP) is 5.40. The minimum Gasteiger partial charge on any atom is -0.497 e. The molecule has 0 saturated carbocycles. The van der Waals surface area contributed by atoms with Crippen LogP contribution >= 0.6 is 0 Å². The molecular formula is C27H23N3O3. The SMILES string of the molecule is COc1ccc(-c2nn(-c3ccccc3)cc2C=CC(=O)Nc2ccc(C(C)=O)cc2)cc1. The molecule has 1 aromatic heterocycles. The topological polar surface area (TPSA) is 73.2 Å². The zero-order valence-corrected chi connectivity index (χ0v) is 18.4. The Morgan fingerprint density at radius 3 is 2.27 bits per heavy atom. The van der Waals surface area contributed by atoms with E-state index in [1.165, 1.54) is 13.0 Å². The number of ether oxygens (including phenoxy) is 1. The van der Waals surface area contributed by atoms with Crippen LogP contribution < -0.4 is 10.1 Å². The van der Waals surface area contributed by atoms with Gasteiger partial charge in [-0.15, -0.1) is 0 Å². The molecule has 33 heavy (non-hydrogen) atoms. The van der Waals surface area contributed by atoms with Crippen LogP contribution in [0, 0.1) is 0 Å². The molecule has 0 saturated heterocycles. The Hall–Kier alpha value is -4.45. The van der Waals surface area contributed by atoms with Gasteiger partial charge in [-0.2, -0.15) is 5.10 Å². The van der Waals surface area contributed by atoms with Crippen molar-refractivity contribution in [2.45, 2.75) is 6.92 Å². The number of carbonyl (C=O) groups excluding carboxylic acids is 2. The minimum atomic E-state index is -0.279. The van der Waals surface area contributed by atoms with Crippen molar-refractivity contribution in [3.63, 3.8) is 0 Å². The lowest BCUT2D eigenvalue weighted by molar-refractivity contribution is -0.111. The molecule has 0 aliphatic rings. The van der Waals surface area contributed by atoms with Crippen LogP contribution in [-0.2, 0) is 4.79 Å². The van der Waals surface area contributed by atoms with Crippen molar-refractivity contribution >= 4 is 23.5 Å². The molecule has 0 unspecified atom stereocenters. The Kier molecular flexibility index (Phi) is 6.45. The number of rotatable bonds is 7. The molecule has 1 heterocycles. The highest BCUT2D eigenvalue weighted by atomic mass is 16.5. The van der Waals surface area contributed by atoms with Crippen LogP contribution in [0.2, 0.25) is 0 Å². The van der Waals surface area contributed by atoms with Gasteiger partial charge >= 0.3 is 0 Å². The lowest BCUT2D eigenvalue weighted by atomic mass is 10.1. The molecule has 0 aliphatic heterocycles. The average molecular weight is 437 g/mol. The van der Waals surface area contributed by atoms with E-state index in [2.05, 4.69) is 5.32 Å². The number of ketones is 1. The van der Waals surface area contributed by atoms with Crippen LogP contribution in [0.4, 0.5) is 5.69 Å². The first-order chi connectivity index (χ1) is 16.0. The first-order valence-corrected chi connectivity index (χ1v) is 10.4. The summed E-state index contributed by atoms with van der Waals surface area (Å²) in [5, 5.41) is 7.57. The molecule has 4 rings (SSSR count). The molecule has 0 bridgehead atoms. The maximum absolute atomic E-state index is 12.5. The highest BCUT2D eigenvalue weighted by Gasteiger charge is 2.11. The zero-order chi connectivity index (χ0) is 23.2. The summed E-state index contributed by atoms with van der Waals surface area (Å²) < 4.78 is 7.04. The van der Waals surface area contributed by atoms with Crippen molar-refractivity contribution in [3.05, 3.63) is 102 Å². The Balaban J connectivity index is 1.60. The first kappa shape index (κ1) is 21.8. The van der Waals surface area contributed by atoms with Gasteiger partial charge in [-0.05, 0) is 73.7 Å². The summed E-state index contributed by atoms with van der Waals surface area (Å²) in [6.45, 7) is 1.51. The standard InChI is InChI=1S/C27H23N3O3/c1-19(31)20-8-13-23(14-9-20)28-26(32)17-12-22-18-30(24-6-4-3-5-7-24)29-27(22)21-10-15-25(33-2)16-11-21/h3-18H,1-2H3,(H,28,32). The summed E-state index contributed by atoms with van der Waals surface area (Å²) in [6.07, 6.45) is 5.10. The van der Waals surface area contributed by atoms with Crippen molar-refractivity contribution in [2.75, 3.05) is 12.4 Å². The number of benzene rings is 3. The lowest BCUT2D eigenvalue weighted by Gasteiger charge is -2.03. The van der Waals surface area contributed by atoms with Crippen molar-refractivity contribution in [1.82, 2.24) is 9.78 Å². The minimum absolute atomic E-state index is 0.0192. The number of hydrogen-bond acceptors (Lipinski definition) is 4. The van der Waals surface area contributed by atoms with Crippen LogP contribution in [0.15, 0.2) is 91.1 Å². The fourth-order valence-corrected chi connectivity index (χ4v) is 3.33. The van der Waals surface area contributed by atoms with Gasteiger partial charge in [0.15, 0.2) is 5.78 Å². The highest BCUT2D eigenvalue weighted by molar-refractivity contribution is 6.02. The number of amides is 1. The number of Topliss-reactive ketones (excluding diaryl/α,β-unsaturated/α-hetero) is 1. The normalized spacial score (nSPS) is 10.8. The number of methoxy groups -OCH3 is 1. The van der Waals surface area contributed by atoms with Gasteiger partial charge in [-0.3, -0.25) is 9.59 Å². The average Bonchev–Trinajstić information content (AvgIpc) is 3.28. The van der Waals surface area contributed by atoms with E-state index in [1.54, 1.807) is 42.1 Å². The van der Waals surface area contributed by atoms with Gasteiger partial charge in [0.25, 0.3) is 0 Å². The van der Waals surface area contributed by atoms with Crippen LogP contribution in [0.5, 0.6) is 5.75 Å². The molecule has 0 radical (unpaired) electrons. The molecule has 6 nitrogen and oxygen atoms in total. The molecule has 6 heteroatoms. The van der Waals surface area contributed by atoms with E-state index in [0.717, 1.165) is 28.3 Å². The largest absolute Gasteiger partial charge is 0.497 e. The molecule has 164 valence electrons. The van der Waals surface area contributed by atoms with Crippen molar-refractivity contribution in [2.24, 2.45) is 0 Å². The summed E-state index contributed by atoms with van der Waals surface area (Å²) in [5.41, 5.74) is 4.58. The van der Waals surface area contributed by atoms with Gasteiger partial charge in [0.2, 0.25) is 5.91 Å². The van der Waals surface area contributed by atoms with Crippen molar-refractivity contribution in [3.8, 4) is 22.7 Å². The summed E-state index contributed by atoms with van der Waals surface area (Å²) in [6, 6.07) is 24.2. The van der Waals surface area contributed by atoms with Gasteiger partial charge in [-0.25, -0.2) is 4.68 Å². The monoisotopic (exact) mass is 437 g/mol. The van der Waals surface area contributed by atoms with Crippen molar-refractivity contribution in [1.29, 1.82) is 0 Å². The molecule has 0 aliphatic carbocycles. The molecular weight excluding hydrogens is 414 g/mol. The zero-order valence-electron chi connectivity index (χ0n) is 18.4. The lowest BCUT2D eigenvalue weighted by Crippen LogP contribution is -2.07. The number of carbonyl (C=O) groups is 2. The quantitative estimate of drug-likeness (QED) is 0.310. The Labute approximate surface area is 192 Å². The van der Waals surface area contributed by atoms with Crippen LogP contribution in [0.1, 0.15) is 22.8 Å². The first-order valence-electron chi connectivity index (χ1n) is 10.4. The third-order valence-electron chi connectivity index (χ3n) is 5.10. The second kappa shape index (κ2) is 9.78. The molecule has 0 spiro atoms. The Bertz CT molecular complexity index is 1290. The van der Waals surface area contributed by atoms with Gasteiger partial charge in [0.1, 0.15) is 5.75 Å². The number of nitrogens with zero attached hydrogens (tertiary/aromatic N) is 2. The molecule has 1 N–H and O–H groups in total. The van der Waals surface area contributed by atoms with Gasteiger partial charge in [0.05, 0.1) is 18.5 Å². The highest BCUT2D eigenvalue weighted by Crippen LogP contribution is 2.26. The fourth-order valence-electron chi connectivity index (χ4n) is 3.33. The number of nitrogens with one attached hydrogen (secondary N) is 1. The molecule has 3 aromatic carbocycles. The van der Waals surface area contributed by atoms with Gasteiger partial charge in [0, 0.05) is 34.7 Å². The van der Waals surface area contributed by atoms with Gasteiger partial charge < -0.3 is 10.1 Å². The summed E-state index contributed by atoms with van der Waals surface area (Å²) in [5.74, 6) is 0.460. The second-order valence-electron chi connectivity index (χ2n) is 7.40. The number of para-hydroxylation sites is 1. The van der Waals surface area contributed by atoms with E-state index >= 15 is 0 Å². The maximum atomic E-state index is 12.5. The van der Waals surface area contributed by atoms with E-state index in [1.807, 2.05) is 60.8 Å². The van der Waals surface area contributed by atoms with E-state index in [9.17, 15) is 9.59 Å². The second-order valence-corrected chi connectivity index (χ2v) is 7.40. The smallest absolute Gasteiger partial charge is 0.248 e. The molecule has 0 atom stereocenters. The Morgan fingerprint density at radius 1 is 0.939 bits per heavy atom. The van der Waals surface area contributed by atoms with Crippen LogP contribution in [-0.4, -0.2) is 28.6 Å². The van der Waals surface area contributed by atoms with E-state index < -0.39 is 0 Å². The maximum Gasteiger partial charge on any atom is 0.248 e. The van der Waals surface area contributed by atoms with Crippen LogP contribution in [0.25, 0.3) is 23.0 Å². The van der Waals surface area contributed by atoms with Crippen molar-refractivity contribution < 1.29 is 14.3 Å². The summed E-state index contributed by atoms with van der Waals surface area (Å²) in [7, 11) is 1.62.